The molecular formula is C11H7BrClF3O3. The molecule has 1 aromatic carbocycles. The molecule has 1 fully saturated rings. The number of carbonyl (C=O) groups is 1. The summed E-state index contributed by atoms with van der Waals surface area (Å²) in [4.78, 5) is 9.53. The highest BCUT2D eigenvalue weighted by Gasteiger charge is 2.60. The van der Waals surface area contributed by atoms with Crippen molar-refractivity contribution >= 4 is 33.5 Å². The van der Waals surface area contributed by atoms with Crippen LogP contribution in [-0.4, -0.2) is 22.3 Å². The second-order valence-corrected chi connectivity index (χ2v) is 5.69. The van der Waals surface area contributed by atoms with Crippen LogP contribution in [0.3, 0.4) is 0 Å². The molecule has 0 aliphatic heterocycles. The topological polar surface area (TPSA) is 46.5 Å². The van der Waals surface area contributed by atoms with Crippen LogP contribution < -0.4 is 4.74 Å². The maximum atomic E-state index is 12.1. The van der Waals surface area contributed by atoms with Gasteiger partial charge in [0.05, 0.1) is 4.47 Å². The molecule has 8 heteroatoms. The van der Waals surface area contributed by atoms with Gasteiger partial charge in [-0.3, -0.25) is 4.79 Å². The summed E-state index contributed by atoms with van der Waals surface area (Å²) in [6, 6.07) is 3.90. The fourth-order valence-electron chi connectivity index (χ4n) is 1.80. The molecule has 2 unspecified atom stereocenters. The molecule has 19 heavy (non-hydrogen) atoms. The van der Waals surface area contributed by atoms with Gasteiger partial charge in [-0.05, 0) is 40.0 Å². The molecule has 104 valence electrons. The van der Waals surface area contributed by atoms with E-state index in [-0.39, 0.29) is 16.6 Å². The molecule has 0 radical (unpaired) electrons. The van der Waals surface area contributed by atoms with Crippen molar-refractivity contribution in [2.45, 2.75) is 23.6 Å². The van der Waals surface area contributed by atoms with Crippen molar-refractivity contribution in [2.24, 2.45) is 0 Å². The van der Waals surface area contributed by atoms with Crippen LogP contribution in [0, 0.1) is 0 Å². The molecular weight excluding hydrogens is 352 g/mol. The number of carboxylic acids is 1. The van der Waals surface area contributed by atoms with Crippen LogP contribution in [0.15, 0.2) is 22.7 Å². The standard InChI is InChI=1S/C11H7BrClF3O3/c12-7-3-5(6-4-10(6,13)9(17)18)1-2-8(7)19-11(14,15)16/h1-3,6H,4H2,(H,17,18). The molecule has 0 amide bonds. The van der Waals surface area contributed by atoms with Gasteiger partial charge < -0.3 is 9.84 Å². The highest BCUT2D eigenvalue weighted by Crippen LogP contribution is 2.57. The van der Waals surface area contributed by atoms with Crippen LogP contribution in [0.2, 0.25) is 0 Å². The minimum absolute atomic E-state index is 0.0960. The molecule has 0 aromatic heterocycles. The Morgan fingerprint density at radius 3 is 2.58 bits per heavy atom. The van der Waals surface area contributed by atoms with Gasteiger partial charge in [0.2, 0.25) is 0 Å². The third kappa shape index (κ3) is 2.97. The lowest BCUT2D eigenvalue weighted by atomic mass is 10.1. The maximum Gasteiger partial charge on any atom is 0.573 e. The highest BCUT2D eigenvalue weighted by molar-refractivity contribution is 9.10. The van der Waals surface area contributed by atoms with Gasteiger partial charge in [-0.2, -0.15) is 0 Å². The minimum atomic E-state index is -4.78. The summed E-state index contributed by atoms with van der Waals surface area (Å²) < 4.78 is 40.1. The Kier molecular flexibility index (Phi) is 3.47. The summed E-state index contributed by atoms with van der Waals surface area (Å²) in [7, 11) is 0. The fraction of sp³-hybridized carbons (Fsp3) is 0.364. The highest BCUT2D eigenvalue weighted by atomic mass is 79.9. The molecule has 3 nitrogen and oxygen atoms in total. The predicted octanol–water partition coefficient (Wildman–Crippen LogP) is 3.90. The molecule has 1 aliphatic rings. The van der Waals surface area contributed by atoms with Gasteiger partial charge in [-0.15, -0.1) is 24.8 Å². The monoisotopic (exact) mass is 358 g/mol. The van der Waals surface area contributed by atoms with E-state index >= 15 is 0 Å². The smallest absolute Gasteiger partial charge is 0.480 e. The molecule has 1 aromatic rings. The van der Waals surface area contributed by atoms with Crippen molar-refractivity contribution in [3.05, 3.63) is 28.2 Å². The van der Waals surface area contributed by atoms with E-state index in [1.807, 2.05) is 0 Å². The zero-order chi connectivity index (χ0) is 14.4. The Morgan fingerprint density at radius 1 is 1.53 bits per heavy atom. The van der Waals surface area contributed by atoms with Gasteiger partial charge in [0, 0.05) is 5.92 Å². The van der Waals surface area contributed by atoms with Crippen LogP contribution in [0.4, 0.5) is 13.2 Å². The van der Waals surface area contributed by atoms with Gasteiger partial charge in [-0.25, -0.2) is 0 Å². The van der Waals surface area contributed by atoms with E-state index in [1.54, 1.807) is 0 Å². The predicted molar refractivity (Wildman–Crippen MR) is 64.4 cm³/mol. The average Bonchev–Trinajstić information content (AvgIpc) is 2.94. The lowest BCUT2D eigenvalue weighted by molar-refractivity contribution is -0.274. The van der Waals surface area contributed by atoms with Gasteiger partial charge >= 0.3 is 12.3 Å². The van der Waals surface area contributed by atoms with Gasteiger partial charge in [0.1, 0.15) is 10.6 Å². The summed E-state index contributed by atoms with van der Waals surface area (Å²) >= 11 is 8.81. The molecule has 2 rings (SSSR count). The van der Waals surface area contributed by atoms with E-state index in [1.165, 1.54) is 12.1 Å². The Hall–Kier alpha value is -0.950. The third-order valence-corrected chi connectivity index (χ3v) is 4.03. The summed E-state index contributed by atoms with van der Waals surface area (Å²) in [6.07, 6.45) is -4.53. The Morgan fingerprint density at radius 2 is 2.16 bits per heavy atom. The van der Waals surface area contributed by atoms with Gasteiger partial charge in [-0.1, -0.05) is 6.07 Å². The first-order valence-electron chi connectivity index (χ1n) is 5.11. The molecule has 0 spiro atoms. The normalized spacial score (nSPS) is 26.1. The van der Waals surface area contributed by atoms with E-state index in [9.17, 15) is 18.0 Å². The van der Waals surface area contributed by atoms with Crippen molar-refractivity contribution in [1.82, 2.24) is 0 Å². The van der Waals surface area contributed by atoms with Crippen LogP contribution in [0.1, 0.15) is 17.9 Å². The van der Waals surface area contributed by atoms with Crippen LogP contribution in [0.25, 0.3) is 0 Å². The lowest BCUT2D eigenvalue weighted by Crippen LogP contribution is -2.18. The molecule has 0 bridgehead atoms. The summed E-state index contributed by atoms with van der Waals surface area (Å²) in [5, 5.41) is 8.90. The molecule has 1 saturated carbocycles. The number of alkyl halides is 4. The van der Waals surface area contributed by atoms with Crippen molar-refractivity contribution in [1.29, 1.82) is 0 Å². The largest absolute Gasteiger partial charge is 0.573 e. The van der Waals surface area contributed by atoms with E-state index < -0.39 is 23.1 Å². The molecule has 1 aliphatic carbocycles. The lowest BCUT2D eigenvalue weighted by Gasteiger charge is -2.11. The number of aliphatic carboxylic acids is 1. The minimum Gasteiger partial charge on any atom is -0.480 e. The number of hydrogen-bond donors (Lipinski definition) is 1. The number of halogens is 5. The molecule has 0 saturated heterocycles. The van der Waals surface area contributed by atoms with Crippen molar-refractivity contribution in [3.8, 4) is 5.75 Å². The zero-order valence-corrected chi connectivity index (χ0v) is 11.5. The molecule has 1 N–H and O–H groups in total. The SMILES string of the molecule is O=C(O)C1(Cl)CC1c1ccc(OC(F)(F)F)c(Br)c1. The van der Waals surface area contributed by atoms with Crippen LogP contribution >= 0.6 is 27.5 Å². The first-order chi connectivity index (χ1) is 8.63. The summed E-state index contributed by atoms with van der Waals surface area (Å²) in [5.74, 6) is -1.93. The van der Waals surface area contributed by atoms with E-state index in [0.29, 0.717) is 5.56 Å². The zero-order valence-electron chi connectivity index (χ0n) is 9.17. The maximum absolute atomic E-state index is 12.1. The van der Waals surface area contributed by atoms with Crippen molar-refractivity contribution in [2.75, 3.05) is 0 Å². The van der Waals surface area contributed by atoms with Crippen molar-refractivity contribution < 1.29 is 27.8 Å². The quantitative estimate of drug-likeness (QED) is 0.833. The Balaban J connectivity index is 2.20. The average molecular weight is 360 g/mol. The molecule has 2 atom stereocenters. The second-order valence-electron chi connectivity index (χ2n) is 4.16. The van der Waals surface area contributed by atoms with E-state index in [2.05, 4.69) is 20.7 Å². The first kappa shape index (κ1) is 14.5. The summed E-state index contributed by atoms with van der Waals surface area (Å²) in [6.45, 7) is 0. The number of ether oxygens (including phenoxy) is 1. The van der Waals surface area contributed by atoms with Gasteiger partial charge in [0.25, 0.3) is 0 Å². The summed E-state index contributed by atoms with van der Waals surface area (Å²) in [5.41, 5.74) is 0.554. The van der Waals surface area contributed by atoms with Gasteiger partial charge in [0.15, 0.2) is 0 Å². The van der Waals surface area contributed by atoms with E-state index in [4.69, 9.17) is 16.7 Å². The number of hydrogen-bond acceptors (Lipinski definition) is 2. The Bertz CT molecular complexity index is 534. The fourth-order valence-corrected chi connectivity index (χ4v) is 2.56. The Labute approximate surface area is 119 Å². The third-order valence-electron chi connectivity index (χ3n) is 2.83. The van der Waals surface area contributed by atoms with Crippen LogP contribution in [0.5, 0.6) is 5.75 Å². The van der Waals surface area contributed by atoms with Crippen LogP contribution in [-0.2, 0) is 4.79 Å². The number of carboxylic acid groups (broad SMARTS) is 1. The second kappa shape index (κ2) is 4.56. The van der Waals surface area contributed by atoms with Crippen molar-refractivity contribution in [3.63, 3.8) is 0 Å². The first-order valence-corrected chi connectivity index (χ1v) is 6.28. The van der Waals surface area contributed by atoms with E-state index in [0.717, 1.165) is 6.07 Å². The number of rotatable bonds is 3. The number of benzene rings is 1. The molecule has 0 heterocycles.